The molecule has 1 aromatic carbocycles. The van der Waals surface area contributed by atoms with Gasteiger partial charge in [0.2, 0.25) is 5.91 Å². The minimum atomic E-state index is -0.238. The van der Waals surface area contributed by atoms with Crippen LogP contribution in [0.5, 0.6) is 11.5 Å². The van der Waals surface area contributed by atoms with E-state index in [4.69, 9.17) is 9.47 Å². The standard InChI is InChI=1S/C15H20N2O4/c1-10(18)16-12-9-14(21-3)13(20-2)8-11(12)15(19)17-6-4-5-7-17/h8-9H,4-7H2,1-3H3,(H,16,18). The summed E-state index contributed by atoms with van der Waals surface area (Å²) in [6, 6.07) is 3.23. The first-order chi connectivity index (χ1) is 10.1. The number of carbonyl (C=O) groups is 2. The van der Waals surface area contributed by atoms with Crippen LogP contribution in [0, 0.1) is 0 Å². The molecule has 1 heterocycles. The van der Waals surface area contributed by atoms with Gasteiger partial charge >= 0.3 is 0 Å². The molecule has 114 valence electrons. The molecule has 1 aliphatic heterocycles. The Balaban J connectivity index is 2.44. The van der Waals surface area contributed by atoms with Crippen LogP contribution in [0.3, 0.4) is 0 Å². The van der Waals surface area contributed by atoms with Crippen molar-refractivity contribution in [2.24, 2.45) is 0 Å². The zero-order valence-electron chi connectivity index (χ0n) is 12.6. The second-order valence-corrected chi connectivity index (χ2v) is 4.93. The monoisotopic (exact) mass is 292 g/mol. The maximum atomic E-state index is 12.6. The van der Waals surface area contributed by atoms with E-state index >= 15 is 0 Å². The highest BCUT2D eigenvalue weighted by molar-refractivity contribution is 6.04. The number of anilines is 1. The van der Waals surface area contributed by atoms with E-state index in [1.165, 1.54) is 21.1 Å². The molecule has 1 saturated heterocycles. The lowest BCUT2D eigenvalue weighted by atomic mass is 10.1. The minimum absolute atomic E-state index is 0.0998. The van der Waals surface area contributed by atoms with E-state index < -0.39 is 0 Å². The van der Waals surface area contributed by atoms with Crippen LogP contribution in [0.25, 0.3) is 0 Å². The summed E-state index contributed by atoms with van der Waals surface area (Å²) in [5, 5.41) is 2.68. The molecule has 1 fully saturated rings. The van der Waals surface area contributed by atoms with E-state index in [-0.39, 0.29) is 11.8 Å². The van der Waals surface area contributed by atoms with Gasteiger partial charge in [0.1, 0.15) is 0 Å². The van der Waals surface area contributed by atoms with Gasteiger partial charge in [-0.25, -0.2) is 0 Å². The molecule has 0 spiro atoms. The fourth-order valence-electron chi connectivity index (χ4n) is 2.44. The molecule has 2 amide bonds. The summed E-state index contributed by atoms with van der Waals surface area (Å²) in [7, 11) is 3.03. The van der Waals surface area contributed by atoms with Gasteiger partial charge in [-0.1, -0.05) is 0 Å². The quantitative estimate of drug-likeness (QED) is 0.920. The van der Waals surface area contributed by atoms with E-state index in [1.54, 1.807) is 17.0 Å². The fraction of sp³-hybridized carbons (Fsp3) is 0.467. The highest BCUT2D eigenvalue weighted by atomic mass is 16.5. The molecule has 0 atom stereocenters. The Morgan fingerprint density at radius 3 is 2.19 bits per heavy atom. The van der Waals surface area contributed by atoms with Gasteiger partial charge in [-0.3, -0.25) is 9.59 Å². The van der Waals surface area contributed by atoms with Crippen molar-refractivity contribution in [1.29, 1.82) is 0 Å². The smallest absolute Gasteiger partial charge is 0.256 e. The van der Waals surface area contributed by atoms with Gasteiger partial charge in [0.05, 0.1) is 25.5 Å². The normalized spacial score (nSPS) is 14.0. The molecule has 1 aromatic rings. The second-order valence-electron chi connectivity index (χ2n) is 4.93. The summed E-state index contributed by atoms with van der Waals surface area (Å²) >= 11 is 0. The van der Waals surface area contributed by atoms with Gasteiger partial charge in [0, 0.05) is 26.1 Å². The van der Waals surface area contributed by atoms with Crippen LogP contribution >= 0.6 is 0 Å². The topological polar surface area (TPSA) is 67.9 Å². The van der Waals surface area contributed by atoms with Crippen LogP contribution in [-0.2, 0) is 4.79 Å². The fourth-order valence-corrected chi connectivity index (χ4v) is 2.44. The Bertz CT molecular complexity index is 551. The number of amides is 2. The molecule has 1 N–H and O–H groups in total. The third-order valence-corrected chi connectivity index (χ3v) is 3.46. The molecule has 0 radical (unpaired) electrons. The molecule has 0 saturated carbocycles. The molecular formula is C15H20N2O4. The lowest BCUT2D eigenvalue weighted by molar-refractivity contribution is -0.114. The molecule has 0 unspecified atom stereocenters. The van der Waals surface area contributed by atoms with Crippen LogP contribution in [0.15, 0.2) is 12.1 Å². The summed E-state index contributed by atoms with van der Waals surface area (Å²) in [4.78, 5) is 25.7. The number of hydrogen-bond acceptors (Lipinski definition) is 4. The van der Waals surface area contributed by atoms with E-state index in [9.17, 15) is 9.59 Å². The average Bonchev–Trinajstić information content (AvgIpc) is 2.99. The van der Waals surface area contributed by atoms with Gasteiger partial charge in [-0.05, 0) is 18.9 Å². The lowest BCUT2D eigenvalue weighted by Crippen LogP contribution is -2.28. The third-order valence-electron chi connectivity index (χ3n) is 3.46. The number of nitrogens with one attached hydrogen (secondary N) is 1. The van der Waals surface area contributed by atoms with Gasteiger partial charge in [0.15, 0.2) is 11.5 Å². The van der Waals surface area contributed by atoms with Gasteiger partial charge in [-0.2, -0.15) is 0 Å². The summed E-state index contributed by atoms with van der Waals surface area (Å²) < 4.78 is 10.5. The average molecular weight is 292 g/mol. The van der Waals surface area contributed by atoms with Crippen molar-refractivity contribution in [2.45, 2.75) is 19.8 Å². The van der Waals surface area contributed by atoms with E-state index in [1.807, 2.05) is 0 Å². The molecular weight excluding hydrogens is 272 g/mol. The molecule has 1 aliphatic rings. The Hall–Kier alpha value is -2.24. The van der Waals surface area contributed by atoms with Crippen molar-refractivity contribution in [3.63, 3.8) is 0 Å². The number of rotatable bonds is 4. The first-order valence-corrected chi connectivity index (χ1v) is 6.89. The zero-order valence-corrected chi connectivity index (χ0v) is 12.6. The lowest BCUT2D eigenvalue weighted by Gasteiger charge is -2.19. The van der Waals surface area contributed by atoms with Crippen molar-refractivity contribution in [1.82, 2.24) is 4.90 Å². The minimum Gasteiger partial charge on any atom is -0.493 e. The Kier molecular flexibility index (Phi) is 4.67. The van der Waals surface area contributed by atoms with Crippen LogP contribution < -0.4 is 14.8 Å². The third kappa shape index (κ3) is 3.26. The van der Waals surface area contributed by atoms with Crippen molar-refractivity contribution in [3.05, 3.63) is 17.7 Å². The van der Waals surface area contributed by atoms with Gasteiger partial charge < -0.3 is 19.7 Å². The van der Waals surface area contributed by atoms with E-state index in [2.05, 4.69) is 5.32 Å². The second kappa shape index (κ2) is 6.47. The van der Waals surface area contributed by atoms with Gasteiger partial charge in [0.25, 0.3) is 5.91 Å². The zero-order chi connectivity index (χ0) is 15.4. The molecule has 6 nitrogen and oxygen atoms in total. The summed E-state index contributed by atoms with van der Waals surface area (Å²) in [5.74, 6) is 0.600. The molecule has 6 heteroatoms. The number of likely N-dealkylation sites (tertiary alicyclic amines) is 1. The van der Waals surface area contributed by atoms with Crippen molar-refractivity contribution >= 4 is 17.5 Å². The van der Waals surface area contributed by atoms with Crippen molar-refractivity contribution in [2.75, 3.05) is 32.6 Å². The SMILES string of the molecule is COc1cc(NC(C)=O)c(C(=O)N2CCCC2)cc1OC. The maximum absolute atomic E-state index is 12.6. The number of benzene rings is 1. The number of ether oxygens (including phenoxy) is 2. The maximum Gasteiger partial charge on any atom is 0.256 e. The predicted octanol–water partition coefficient (Wildman–Crippen LogP) is 1.90. The molecule has 21 heavy (non-hydrogen) atoms. The molecule has 0 aromatic heterocycles. The van der Waals surface area contributed by atoms with Crippen LogP contribution in [0.1, 0.15) is 30.1 Å². The highest BCUT2D eigenvalue weighted by Crippen LogP contribution is 2.34. The Morgan fingerprint density at radius 1 is 1.10 bits per heavy atom. The summed E-state index contributed by atoms with van der Waals surface area (Å²) in [6.45, 7) is 2.89. The highest BCUT2D eigenvalue weighted by Gasteiger charge is 2.24. The van der Waals surface area contributed by atoms with Crippen LogP contribution in [0.4, 0.5) is 5.69 Å². The summed E-state index contributed by atoms with van der Waals surface area (Å²) in [6.07, 6.45) is 2.02. The Labute approximate surface area is 124 Å². The molecule has 0 bridgehead atoms. The number of carbonyl (C=O) groups excluding carboxylic acids is 2. The number of methoxy groups -OCH3 is 2. The van der Waals surface area contributed by atoms with Crippen LogP contribution in [0.2, 0.25) is 0 Å². The first kappa shape index (κ1) is 15.2. The molecule has 2 rings (SSSR count). The van der Waals surface area contributed by atoms with E-state index in [0.29, 0.717) is 22.7 Å². The van der Waals surface area contributed by atoms with Crippen molar-refractivity contribution in [3.8, 4) is 11.5 Å². The predicted molar refractivity (Wildman–Crippen MR) is 79.0 cm³/mol. The largest absolute Gasteiger partial charge is 0.493 e. The number of nitrogens with zero attached hydrogens (tertiary/aromatic N) is 1. The first-order valence-electron chi connectivity index (χ1n) is 6.89. The Morgan fingerprint density at radius 2 is 1.67 bits per heavy atom. The van der Waals surface area contributed by atoms with Crippen molar-refractivity contribution < 1.29 is 19.1 Å². The number of hydrogen-bond donors (Lipinski definition) is 1. The van der Waals surface area contributed by atoms with Crippen LogP contribution in [-0.4, -0.2) is 44.0 Å². The van der Waals surface area contributed by atoms with Gasteiger partial charge in [-0.15, -0.1) is 0 Å². The summed E-state index contributed by atoms with van der Waals surface area (Å²) in [5.41, 5.74) is 0.863. The van der Waals surface area contributed by atoms with E-state index in [0.717, 1.165) is 25.9 Å². The molecule has 0 aliphatic carbocycles.